The highest BCUT2D eigenvalue weighted by Crippen LogP contribution is 2.51. The second-order valence-electron chi connectivity index (χ2n) is 46.1. The van der Waals surface area contributed by atoms with Crippen LogP contribution < -0.4 is 0 Å². The fourth-order valence-corrected chi connectivity index (χ4v) is 19.0. The molecule has 0 spiro atoms. The summed E-state index contributed by atoms with van der Waals surface area (Å²) >= 11 is 0. The summed E-state index contributed by atoms with van der Waals surface area (Å²) in [4.78, 5) is 22.6. The van der Waals surface area contributed by atoms with Gasteiger partial charge in [0.25, 0.3) is 0 Å². The maximum absolute atomic E-state index is 12.9. The van der Waals surface area contributed by atoms with Crippen molar-refractivity contribution >= 4 is 0 Å². The minimum atomic E-state index is -0.685. The van der Waals surface area contributed by atoms with Gasteiger partial charge in [0.05, 0.1) is 44.7 Å². The first-order chi connectivity index (χ1) is 51.2. The van der Waals surface area contributed by atoms with E-state index in [1.807, 2.05) is 14.2 Å². The molecular formula is C97H200FN9O4. The normalized spacial score (nSPS) is 28.1. The van der Waals surface area contributed by atoms with Crippen molar-refractivity contribution in [3.63, 3.8) is 0 Å². The number of halogens is 1. The van der Waals surface area contributed by atoms with Crippen LogP contribution in [0.1, 0.15) is 336 Å². The number of morpholine rings is 1. The van der Waals surface area contributed by atoms with E-state index in [-0.39, 0.29) is 0 Å². The fourth-order valence-electron chi connectivity index (χ4n) is 19.0. The molecule has 10 aliphatic rings. The SMILES string of the molecule is CC(C)(C)C[C@@H]1CCCN1C1COC1.CC(C)CCN1CCOCC1.CC(C)C[C@@H](C)N(C)C.CC(C)N1CCC[C@H]1CC(C)(C)C.CC(F)CN1CCC[C@H]1CC(C)(C)C.CCCN1CCC[C@H]1CC(C)(C)C.CN1CC2CC2C1CC(C)(C)C.CO[C@@H]1C[C@@H](CC(C)C)N(C)C1.CO[C@H]1C[C@@H](CC(C)(C)C)N(C)C1. The second kappa shape index (κ2) is 51.9. The molecule has 10 rings (SSSR count). The summed E-state index contributed by atoms with van der Waals surface area (Å²) in [6, 6.07) is 7.72. The number of nitrogens with zero attached hydrogens (tertiary/aromatic N) is 9. The van der Waals surface area contributed by atoms with Crippen LogP contribution >= 0.6 is 0 Å². The van der Waals surface area contributed by atoms with Crippen molar-refractivity contribution in [2.45, 2.75) is 414 Å². The summed E-state index contributed by atoms with van der Waals surface area (Å²) in [7, 11) is 14.6. The van der Waals surface area contributed by atoms with Gasteiger partial charge in [0.2, 0.25) is 0 Å². The molecule has 10 fully saturated rings. The van der Waals surface area contributed by atoms with E-state index in [9.17, 15) is 4.39 Å². The number of piperidine rings is 1. The monoisotopic (exact) mass is 1570 g/mol. The average molecular weight is 1580 g/mol. The summed E-state index contributed by atoms with van der Waals surface area (Å²) < 4.78 is 34.2. The minimum Gasteiger partial charge on any atom is -0.380 e. The van der Waals surface area contributed by atoms with Crippen LogP contribution in [0, 0.1) is 62.1 Å². The second-order valence-corrected chi connectivity index (χ2v) is 46.1. The van der Waals surface area contributed by atoms with Crippen LogP contribution in [-0.2, 0) is 18.9 Å². The molecule has 4 unspecified atom stereocenters. The highest BCUT2D eigenvalue weighted by molar-refractivity contribution is 5.04. The zero-order valence-corrected chi connectivity index (χ0v) is 81.6. The number of likely N-dealkylation sites (tertiary alicyclic amines) is 7. The summed E-state index contributed by atoms with van der Waals surface area (Å²) in [5.74, 6) is 4.59. The van der Waals surface area contributed by atoms with Crippen molar-refractivity contribution in [2.24, 2.45) is 62.1 Å². The Bertz CT molecular complexity index is 2290. The molecular weight excluding hydrogens is 1370 g/mol. The Kier molecular flexibility index (Phi) is 49.8. The molecule has 0 aromatic heterocycles. The maximum Gasteiger partial charge on any atom is 0.110 e. The zero-order valence-electron chi connectivity index (χ0n) is 81.6. The highest BCUT2D eigenvalue weighted by Gasteiger charge is 2.51. The molecule has 9 heterocycles. The standard InChI is InChI=1S/C12H24FN.C12H23NO.2C12H25N.C11H23NO.C11H21N.C10H21NO.C9H19NO.C8H19N/c1-10(13)9-14-7-5-6-11(14)8-12(2,3)4;1-12(2,3)7-10-5-4-6-13(10)11-8-14-9-11;1-10(2)13-8-6-7-11(13)9-12(3,4)5;1-5-8-13-9-6-7-11(13)10-12(2,3)4;1-11(2,3)7-9-6-10(13-5)8-12(9)4;1-11(2,3)6-10-9-5-8(9)7-12(10)4;1-8(2)5-9-6-10(12-4)7-11(9)3;1-9(2)3-4-10-5-7-11-8-6-10;1-7(2)6-8(3)9(4)5/h10-11H,5-9H2,1-4H3;10-11H,4-9H2,1-3H3;10-11H,6-9H2,1-5H3;11H,5-10H2,1-4H3;9-10H,6-8H2,1-5H3;2*8-10H,5-7H2,1-4H3;9H,3-8H2,1-2H3;7-8H,6H2,1-5H3/t10?,11-;10-;2*11-;9-,10-;;9-,10-;;8-/m00000.1.1/s1. The zero-order chi connectivity index (χ0) is 84.6. The predicted molar refractivity (Wildman–Crippen MR) is 484 cm³/mol. The van der Waals surface area contributed by atoms with E-state index in [1.54, 1.807) is 6.92 Å². The van der Waals surface area contributed by atoms with Gasteiger partial charge in [-0.1, -0.05) is 173 Å². The number of hydrogen-bond donors (Lipinski definition) is 0. The van der Waals surface area contributed by atoms with Crippen molar-refractivity contribution in [2.75, 3.05) is 154 Å². The molecule has 9 aliphatic heterocycles. The quantitative estimate of drug-likeness (QED) is 0.103. The van der Waals surface area contributed by atoms with Crippen molar-refractivity contribution < 1.29 is 23.3 Å². The highest BCUT2D eigenvalue weighted by atomic mass is 19.1. The number of methoxy groups -OCH3 is 2. The van der Waals surface area contributed by atoms with Gasteiger partial charge in [0.1, 0.15) is 6.17 Å². The average Bonchev–Trinajstić information content (AvgIpc) is 1.60. The first-order valence-electron chi connectivity index (χ1n) is 46.6. The van der Waals surface area contributed by atoms with E-state index in [0.717, 1.165) is 137 Å². The van der Waals surface area contributed by atoms with Crippen LogP contribution in [0.3, 0.4) is 0 Å². The molecule has 0 amide bonds. The molecule has 0 N–H and O–H groups in total. The molecule has 1 aliphatic carbocycles. The third-order valence-electron chi connectivity index (χ3n) is 24.7. The molecule has 9 saturated heterocycles. The number of rotatable bonds is 22. The Morgan fingerprint density at radius 1 is 0.459 bits per heavy atom. The van der Waals surface area contributed by atoms with E-state index in [4.69, 9.17) is 18.9 Å². The van der Waals surface area contributed by atoms with Crippen LogP contribution in [0.25, 0.3) is 0 Å². The molecule has 14 heteroatoms. The number of alkyl halides is 1. The van der Waals surface area contributed by atoms with Gasteiger partial charge in [-0.15, -0.1) is 0 Å². The minimum absolute atomic E-state index is 0.368. The number of ether oxygens (including phenoxy) is 4. The summed E-state index contributed by atoms with van der Waals surface area (Å²) in [6.45, 7) is 84.3. The number of fused-ring (bicyclic) bond motifs is 1. The Hall–Kier alpha value is -0.590. The lowest BCUT2D eigenvalue weighted by atomic mass is 9.86. The van der Waals surface area contributed by atoms with E-state index >= 15 is 0 Å². The Balaban J connectivity index is 0.000000425. The van der Waals surface area contributed by atoms with Crippen molar-refractivity contribution in [1.82, 2.24) is 44.1 Å². The molecule has 0 radical (unpaired) electrons. The molecule has 0 bridgehead atoms. The van der Waals surface area contributed by atoms with Crippen LogP contribution in [0.5, 0.6) is 0 Å². The van der Waals surface area contributed by atoms with Gasteiger partial charge < -0.3 is 43.4 Å². The van der Waals surface area contributed by atoms with Crippen LogP contribution in [0.15, 0.2) is 0 Å². The van der Waals surface area contributed by atoms with Gasteiger partial charge >= 0.3 is 0 Å². The lowest BCUT2D eigenvalue weighted by Crippen LogP contribution is -2.51. The summed E-state index contributed by atoms with van der Waals surface area (Å²) in [5, 5.41) is 0. The Morgan fingerprint density at radius 2 is 0.901 bits per heavy atom. The van der Waals surface area contributed by atoms with Gasteiger partial charge in [0.15, 0.2) is 0 Å². The van der Waals surface area contributed by atoms with Crippen LogP contribution in [0.2, 0.25) is 0 Å². The topological polar surface area (TPSA) is 66.1 Å². The van der Waals surface area contributed by atoms with Gasteiger partial charge in [-0.05, 0) is 299 Å². The predicted octanol–water partition coefficient (Wildman–Crippen LogP) is 21.7. The van der Waals surface area contributed by atoms with Crippen LogP contribution in [0.4, 0.5) is 4.39 Å². The fraction of sp³-hybridized carbons (Fsp3) is 1.00. The van der Waals surface area contributed by atoms with Gasteiger partial charge in [0, 0.05) is 108 Å². The summed E-state index contributed by atoms with van der Waals surface area (Å²) in [6.07, 6.45) is 28.2. The first-order valence-corrected chi connectivity index (χ1v) is 46.6. The Labute approximate surface area is 694 Å². The third kappa shape index (κ3) is 48.4. The molecule has 13 nitrogen and oxygen atoms in total. The lowest BCUT2D eigenvalue weighted by Gasteiger charge is -2.40. The molecule has 0 aromatic rings. The molecule has 13 atom stereocenters. The summed E-state index contributed by atoms with van der Waals surface area (Å²) in [5.41, 5.74) is 2.77. The van der Waals surface area contributed by atoms with Gasteiger partial charge in [-0.25, -0.2) is 4.39 Å². The first kappa shape index (κ1) is 106. The Morgan fingerprint density at radius 3 is 1.31 bits per heavy atom. The largest absolute Gasteiger partial charge is 0.380 e. The van der Waals surface area contributed by atoms with E-state index in [2.05, 4.69) is 273 Å². The van der Waals surface area contributed by atoms with Crippen LogP contribution in [-0.4, -0.2) is 277 Å². The third-order valence-corrected chi connectivity index (χ3v) is 24.7. The van der Waals surface area contributed by atoms with Crippen molar-refractivity contribution in [1.29, 1.82) is 0 Å². The van der Waals surface area contributed by atoms with Gasteiger partial charge in [-0.3, -0.25) is 19.6 Å². The van der Waals surface area contributed by atoms with Gasteiger partial charge in [-0.2, -0.15) is 0 Å². The number of hydrogen-bond acceptors (Lipinski definition) is 13. The van der Waals surface area contributed by atoms with E-state index in [1.165, 1.54) is 174 Å². The van der Waals surface area contributed by atoms with E-state index in [0.29, 0.717) is 63.3 Å². The maximum atomic E-state index is 12.9. The molecule has 111 heavy (non-hydrogen) atoms. The van der Waals surface area contributed by atoms with E-state index < -0.39 is 6.17 Å². The van der Waals surface area contributed by atoms with Crippen molar-refractivity contribution in [3.8, 4) is 0 Å². The molecule has 1 saturated carbocycles. The lowest BCUT2D eigenvalue weighted by molar-refractivity contribution is -0.0727. The number of likely N-dealkylation sites (N-methyl/N-ethyl adjacent to an activating group) is 2. The smallest absolute Gasteiger partial charge is 0.110 e. The molecule has 664 valence electrons. The molecule has 0 aromatic carbocycles. The van der Waals surface area contributed by atoms with Crippen molar-refractivity contribution in [3.05, 3.63) is 0 Å².